The van der Waals surface area contributed by atoms with Gasteiger partial charge in [0.05, 0.1) is 12.6 Å². The first-order chi connectivity index (χ1) is 7.22. The fraction of sp³-hybridized carbons (Fsp3) is 0.333. The predicted molar refractivity (Wildman–Crippen MR) is 51.9 cm³/mol. The van der Waals surface area contributed by atoms with Crippen LogP contribution in [0.2, 0.25) is 0 Å². The molecule has 15 heavy (non-hydrogen) atoms. The fourth-order valence-electron chi connectivity index (χ4n) is 0.907. The van der Waals surface area contributed by atoms with Crippen LogP contribution < -0.4 is 4.74 Å². The van der Waals surface area contributed by atoms with Gasteiger partial charge in [-0.05, 0) is 29.8 Å². The monoisotopic (exact) mass is 211 g/mol. The molecule has 0 aliphatic heterocycles. The van der Waals surface area contributed by atoms with Gasteiger partial charge in [-0.3, -0.25) is 0 Å². The van der Waals surface area contributed by atoms with E-state index in [0.717, 1.165) is 0 Å². The second-order valence-electron chi connectivity index (χ2n) is 2.83. The zero-order valence-corrected chi connectivity index (χ0v) is 7.88. The quantitative estimate of drug-likeness (QED) is 0.458. The molecule has 0 spiro atoms. The molecule has 0 aliphatic rings. The standard InChI is InChI=1S/C9H10FN3O2/c10-7-1-3-9(4-2-7)15-6-8(14)5-12-13-11/h1-4,8,14H,5-6H2. The van der Waals surface area contributed by atoms with Crippen LogP contribution in [-0.4, -0.2) is 24.4 Å². The number of azide groups is 1. The van der Waals surface area contributed by atoms with Crippen molar-refractivity contribution in [2.24, 2.45) is 5.11 Å². The Balaban J connectivity index is 2.36. The number of hydrogen-bond acceptors (Lipinski definition) is 3. The van der Waals surface area contributed by atoms with E-state index >= 15 is 0 Å². The molecule has 6 heteroatoms. The molecular weight excluding hydrogens is 201 g/mol. The lowest BCUT2D eigenvalue weighted by Crippen LogP contribution is -2.20. The minimum absolute atomic E-state index is 0.00462. The minimum Gasteiger partial charge on any atom is -0.491 e. The average Bonchev–Trinajstić information content (AvgIpc) is 2.25. The van der Waals surface area contributed by atoms with E-state index in [4.69, 9.17) is 10.3 Å². The molecule has 1 aromatic carbocycles. The average molecular weight is 211 g/mol. The molecule has 1 atom stereocenters. The van der Waals surface area contributed by atoms with Crippen molar-refractivity contribution in [3.63, 3.8) is 0 Å². The topological polar surface area (TPSA) is 78.2 Å². The van der Waals surface area contributed by atoms with E-state index in [1.54, 1.807) is 0 Å². The van der Waals surface area contributed by atoms with Crippen molar-refractivity contribution in [1.82, 2.24) is 0 Å². The lowest BCUT2D eigenvalue weighted by Gasteiger charge is -2.09. The summed E-state index contributed by atoms with van der Waals surface area (Å²) >= 11 is 0. The molecule has 0 saturated carbocycles. The maximum absolute atomic E-state index is 12.5. The molecule has 1 rings (SSSR count). The summed E-state index contributed by atoms with van der Waals surface area (Å²) in [6.07, 6.45) is -0.856. The molecule has 5 nitrogen and oxygen atoms in total. The van der Waals surface area contributed by atoms with Gasteiger partial charge in [0.1, 0.15) is 18.2 Å². The van der Waals surface area contributed by atoms with Gasteiger partial charge in [-0.2, -0.15) is 0 Å². The molecule has 0 bridgehead atoms. The summed E-state index contributed by atoms with van der Waals surface area (Å²) in [7, 11) is 0. The highest BCUT2D eigenvalue weighted by molar-refractivity contribution is 5.22. The minimum atomic E-state index is -0.856. The third kappa shape index (κ3) is 4.30. The van der Waals surface area contributed by atoms with Crippen molar-refractivity contribution in [2.75, 3.05) is 13.2 Å². The molecular formula is C9H10FN3O2. The summed E-state index contributed by atoms with van der Waals surface area (Å²) in [6, 6.07) is 5.43. The van der Waals surface area contributed by atoms with Crippen LogP contribution in [0.5, 0.6) is 5.75 Å². The van der Waals surface area contributed by atoms with Crippen molar-refractivity contribution in [3.8, 4) is 5.75 Å². The highest BCUT2D eigenvalue weighted by Gasteiger charge is 2.03. The summed E-state index contributed by atoms with van der Waals surface area (Å²) in [5.74, 6) is 0.105. The van der Waals surface area contributed by atoms with Crippen LogP contribution in [0.25, 0.3) is 10.4 Å². The van der Waals surface area contributed by atoms with Crippen molar-refractivity contribution < 1.29 is 14.2 Å². The summed E-state index contributed by atoms with van der Waals surface area (Å²) in [6.45, 7) is -0.0393. The van der Waals surface area contributed by atoms with E-state index in [-0.39, 0.29) is 19.0 Å². The van der Waals surface area contributed by atoms with Gasteiger partial charge in [0.25, 0.3) is 0 Å². The molecule has 0 heterocycles. The third-order valence-corrected chi connectivity index (χ3v) is 1.61. The molecule has 1 N–H and O–H groups in total. The van der Waals surface area contributed by atoms with Crippen LogP contribution in [0.4, 0.5) is 4.39 Å². The number of ether oxygens (including phenoxy) is 1. The number of aliphatic hydroxyl groups is 1. The lowest BCUT2D eigenvalue weighted by atomic mass is 10.3. The van der Waals surface area contributed by atoms with Crippen LogP contribution in [0.15, 0.2) is 29.4 Å². The van der Waals surface area contributed by atoms with Gasteiger partial charge in [-0.25, -0.2) is 4.39 Å². The number of aliphatic hydroxyl groups excluding tert-OH is 1. The van der Waals surface area contributed by atoms with Crippen LogP contribution in [-0.2, 0) is 0 Å². The Labute approximate surface area is 85.7 Å². The lowest BCUT2D eigenvalue weighted by molar-refractivity contribution is 0.114. The molecule has 1 aromatic rings. The van der Waals surface area contributed by atoms with E-state index < -0.39 is 6.10 Å². The molecule has 0 aromatic heterocycles. The van der Waals surface area contributed by atoms with E-state index in [0.29, 0.717) is 5.75 Å². The smallest absolute Gasteiger partial charge is 0.123 e. The Morgan fingerprint density at radius 3 is 2.73 bits per heavy atom. The Morgan fingerprint density at radius 1 is 1.47 bits per heavy atom. The first-order valence-electron chi connectivity index (χ1n) is 4.29. The Hall–Kier alpha value is -1.78. The normalized spacial score (nSPS) is 11.6. The predicted octanol–water partition coefficient (Wildman–Crippen LogP) is 1.88. The maximum Gasteiger partial charge on any atom is 0.123 e. The highest BCUT2D eigenvalue weighted by atomic mass is 19.1. The van der Waals surface area contributed by atoms with E-state index in [2.05, 4.69) is 10.0 Å². The first kappa shape index (κ1) is 11.3. The SMILES string of the molecule is [N-]=[N+]=NCC(O)COc1ccc(F)cc1. The number of rotatable bonds is 5. The van der Waals surface area contributed by atoms with Crippen molar-refractivity contribution in [1.29, 1.82) is 0 Å². The molecule has 0 amide bonds. The molecule has 0 radical (unpaired) electrons. The number of halogens is 1. The second-order valence-corrected chi connectivity index (χ2v) is 2.83. The largest absolute Gasteiger partial charge is 0.491 e. The molecule has 0 aliphatic carbocycles. The summed E-state index contributed by atoms with van der Waals surface area (Å²) in [5, 5.41) is 12.4. The van der Waals surface area contributed by atoms with Gasteiger partial charge in [-0.1, -0.05) is 5.11 Å². The van der Waals surface area contributed by atoms with Gasteiger partial charge in [0.15, 0.2) is 0 Å². The van der Waals surface area contributed by atoms with Gasteiger partial charge < -0.3 is 9.84 Å². The van der Waals surface area contributed by atoms with Crippen molar-refractivity contribution >= 4 is 0 Å². The van der Waals surface area contributed by atoms with E-state index in [1.807, 2.05) is 0 Å². The van der Waals surface area contributed by atoms with Crippen LogP contribution in [0.3, 0.4) is 0 Å². The summed E-state index contributed by atoms with van der Waals surface area (Å²) in [5.41, 5.74) is 8.00. The second kappa shape index (κ2) is 5.85. The van der Waals surface area contributed by atoms with E-state index in [9.17, 15) is 9.50 Å². The maximum atomic E-state index is 12.5. The van der Waals surface area contributed by atoms with Gasteiger partial charge >= 0.3 is 0 Å². The molecule has 0 fully saturated rings. The zero-order chi connectivity index (χ0) is 11.1. The highest BCUT2D eigenvalue weighted by Crippen LogP contribution is 2.11. The third-order valence-electron chi connectivity index (χ3n) is 1.61. The van der Waals surface area contributed by atoms with Gasteiger partial charge in [0.2, 0.25) is 0 Å². The van der Waals surface area contributed by atoms with Crippen molar-refractivity contribution in [3.05, 3.63) is 40.5 Å². The van der Waals surface area contributed by atoms with Crippen LogP contribution in [0, 0.1) is 5.82 Å². The molecule has 1 unspecified atom stereocenters. The van der Waals surface area contributed by atoms with Gasteiger partial charge in [-0.15, -0.1) is 0 Å². The van der Waals surface area contributed by atoms with Crippen LogP contribution >= 0.6 is 0 Å². The molecule has 80 valence electrons. The number of nitrogens with zero attached hydrogens (tertiary/aromatic N) is 3. The Bertz CT molecular complexity index is 349. The van der Waals surface area contributed by atoms with Gasteiger partial charge in [0, 0.05) is 4.91 Å². The van der Waals surface area contributed by atoms with Crippen molar-refractivity contribution in [2.45, 2.75) is 6.10 Å². The summed E-state index contributed by atoms with van der Waals surface area (Å²) in [4.78, 5) is 2.50. The number of benzene rings is 1. The van der Waals surface area contributed by atoms with Crippen LogP contribution in [0.1, 0.15) is 0 Å². The Kier molecular flexibility index (Phi) is 4.40. The fourth-order valence-corrected chi connectivity index (χ4v) is 0.907. The Morgan fingerprint density at radius 2 is 2.13 bits per heavy atom. The molecule has 0 saturated heterocycles. The first-order valence-corrected chi connectivity index (χ1v) is 4.29. The zero-order valence-electron chi connectivity index (χ0n) is 7.88. The van der Waals surface area contributed by atoms with E-state index in [1.165, 1.54) is 24.3 Å². The number of hydrogen-bond donors (Lipinski definition) is 1. The summed E-state index contributed by atoms with van der Waals surface area (Å²) < 4.78 is 17.6.